The molecule has 4 nitrogen and oxygen atoms in total. The average Bonchev–Trinajstić information content (AvgIpc) is 2.35. The van der Waals surface area contributed by atoms with Gasteiger partial charge in [-0.15, -0.1) is 0 Å². The first kappa shape index (κ1) is 14.9. The van der Waals surface area contributed by atoms with Gasteiger partial charge in [0, 0.05) is 6.61 Å². The highest BCUT2D eigenvalue weighted by Gasteiger charge is 2.28. The molecule has 1 saturated heterocycles. The predicted molar refractivity (Wildman–Crippen MR) is 68.2 cm³/mol. The predicted octanol–water partition coefficient (Wildman–Crippen LogP) is 1.30. The van der Waals surface area contributed by atoms with E-state index in [4.69, 9.17) is 14.2 Å². The maximum Gasteiger partial charge on any atom is 0.103 e. The fourth-order valence-electron chi connectivity index (χ4n) is 2.39. The van der Waals surface area contributed by atoms with E-state index in [-0.39, 0.29) is 0 Å². The Hall–Kier alpha value is -0.160. The van der Waals surface area contributed by atoms with Crippen molar-refractivity contribution in [3.8, 4) is 0 Å². The summed E-state index contributed by atoms with van der Waals surface area (Å²) in [6.45, 7) is 13.8. The summed E-state index contributed by atoms with van der Waals surface area (Å²) in [5.41, 5.74) is 0. The van der Waals surface area contributed by atoms with Gasteiger partial charge in [0.2, 0.25) is 0 Å². The van der Waals surface area contributed by atoms with Gasteiger partial charge in [-0.05, 0) is 13.3 Å². The second kappa shape index (κ2) is 8.86. The fourth-order valence-corrected chi connectivity index (χ4v) is 2.39. The van der Waals surface area contributed by atoms with Crippen molar-refractivity contribution in [1.29, 1.82) is 0 Å². The summed E-state index contributed by atoms with van der Waals surface area (Å²) in [7, 11) is 0. The maximum atomic E-state index is 5.63. The molecule has 1 aliphatic heterocycles. The Morgan fingerprint density at radius 2 is 1.65 bits per heavy atom. The Labute approximate surface area is 105 Å². The van der Waals surface area contributed by atoms with Crippen LogP contribution in [0.3, 0.4) is 0 Å². The Morgan fingerprint density at radius 3 is 2.29 bits per heavy atom. The first-order valence-corrected chi connectivity index (χ1v) is 6.91. The Bertz CT molecular complexity index is 176. The van der Waals surface area contributed by atoms with E-state index in [0.717, 1.165) is 52.7 Å². The smallest absolute Gasteiger partial charge is 0.103 e. The van der Waals surface area contributed by atoms with Crippen molar-refractivity contribution in [1.82, 2.24) is 0 Å². The first-order chi connectivity index (χ1) is 8.33. The van der Waals surface area contributed by atoms with Crippen molar-refractivity contribution in [2.75, 3.05) is 65.8 Å². The zero-order chi connectivity index (χ0) is 12.4. The molecule has 0 radical (unpaired) electrons. The molecule has 1 heterocycles. The quantitative estimate of drug-likeness (QED) is 0.453. The minimum atomic E-state index is 0.716. The van der Waals surface area contributed by atoms with Crippen LogP contribution in [0.1, 0.15) is 20.3 Å². The van der Waals surface area contributed by atoms with Crippen LogP contribution in [0, 0.1) is 0 Å². The van der Waals surface area contributed by atoms with E-state index >= 15 is 0 Å². The molecule has 0 saturated carbocycles. The molecule has 1 aliphatic rings. The van der Waals surface area contributed by atoms with Crippen molar-refractivity contribution < 1.29 is 18.7 Å². The van der Waals surface area contributed by atoms with Crippen LogP contribution in [0.2, 0.25) is 0 Å². The lowest BCUT2D eigenvalue weighted by atomic mass is 10.2. The van der Waals surface area contributed by atoms with E-state index in [9.17, 15) is 0 Å². The molecule has 0 unspecified atom stereocenters. The second-order valence-electron chi connectivity index (χ2n) is 4.66. The van der Waals surface area contributed by atoms with Crippen molar-refractivity contribution in [2.45, 2.75) is 20.3 Å². The summed E-state index contributed by atoms with van der Waals surface area (Å²) in [5.74, 6) is 0. The summed E-state index contributed by atoms with van der Waals surface area (Å²) in [6, 6.07) is 0. The van der Waals surface area contributed by atoms with E-state index < -0.39 is 0 Å². The van der Waals surface area contributed by atoms with E-state index in [0.29, 0.717) is 6.61 Å². The molecule has 17 heavy (non-hydrogen) atoms. The largest absolute Gasteiger partial charge is 0.379 e. The van der Waals surface area contributed by atoms with Gasteiger partial charge in [0.25, 0.3) is 0 Å². The molecule has 0 atom stereocenters. The molecule has 0 bridgehead atoms. The summed E-state index contributed by atoms with van der Waals surface area (Å²) in [4.78, 5) is 0. The lowest BCUT2D eigenvalue weighted by molar-refractivity contribution is -0.935. The van der Waals surface area contributed by atoms with Crippen molar-refractivity contribution in [3.05, 3.63) is 0 Å². The molecule has 0 aliphatic carbocycles. The summed E-state index contributed by atoms with van der Waals surface area (Å²) >= 11 is 0. The van der Waals surface area contributed by atoms with Gasteiger partial charge in [-0.2, -0.15) is 0 Å². The average molecular weight is 246 g/mol. The van der Waals surface area contributed by atoms with Crippen LogP contribution in [0.4, 0.5) is 0 Å². The van der Waals surface area contributed by atoms with E-state index in [1.54, 1.807) is 0 Å². The zero-order valence-electron chi connectivity index (χ0n) is 11.5. The number of hydrogen-bond donors (Lipinski definition) is 0. The standard InChI is InChI=1S/C13H28NO3/c1-3-5-14(6-9-16-10-7-14)8-11-17-13-12-15-4-2/h3-13H2,1-2H3/q+1. The molecule has 0 aromatic carbocycles. The number of quaternary nitrogens is 1. The van der Waals surface area contributed by atoms with Gasteiger partial charge < -0.3 is 18.7 Å². The number of hydrogen-bond acceptors (Lipinski definition) is 3. The van der Waals surface area contributed by atoms with E-state index in [2.05, 4.69) is 6.92 Å². The Kier molecular flexibility index (Phi) is 7.77. The molecule has 1 rings (SSSR count). The third-order valence-corrected chi connectivity index (χ3v) is 3.40. The lowest BCUT2D eigenvalue weighted by Crippen LogP contribution is -2.56. The molecule has 1 fully saturated rings. The highest BCUT2D eigenvalue weighted by Crippen LogP contribution is 2.12. The number of ether oxygens (including phenoxy) is 3. The van der Waals surface area contributed by atoms with Gasteiger partial charge in [0.15, 0.2) is 0 Å². The topological polar surface area (TPSA) is 27.7 Å². The highest BCUT2D eigenvalue weighted by atomic mass is 16.5. The minimum Gasteiger partial charge on any atom is -0.379 e. The van der Waals surface area contributed by atoms with Crippen LogP contribution in [-0.4, -0.2) is 70.3 Å². The molecular formula is C13H28NO3+. The zero-order valence-corrected chi connectivity index (χ0v) is 11.5. The van der Waals surface area contributed by atoms with Gasteiger partial charge in [-0.1, -0.05) is 6.92 Å². The van der Waals surface area contributed by atoms with E-state index in [1.807, 2.05) is 6.92 Å². The monoisotopic (exact) mass is 246 g/mol. The molecule has 0 spiro atoms. The molecule has 102 valence electrons. The summed E-state index contributed by atoms with van der Waals surface area (Å²) in [5, 5.41) is 0. The van der Waals surface area contributed by atoms with Crippen LogP contribution in [-0.2, 0) is 14.2 Å². The van der Waals surface area contributed by atoms with Gasteiger partial charge in [-0.3, -0.25) is 0 Å². The fraction of sp³-hybridized carbons (Fsp3) is 1.00. The van der Waals surface area contributed by atoms with Crippen LogP contribution in [0.25, 0.3) is 0 Å². The number of nitrogens with zero attached hydrogens (tertiary/aromatic N) is 1. The highest BCUT2D eigenvalue weighted by molar-refractivity contribution is 4.50. The van der Waals surface area contributed by atoms with Gasteiger partial charge in [0.1, 0.15) is 19.6 Å². The minimum absolute atomic E-state index is 0.716. The van der Waals surface area contributed by atoms with Crippen molar-refractivity contribution in [3.63, 3.8) is 0 Å². The van der Waals surface area contributed by atoms with Gasteiger partial charge in [0.05, 0.1) is 39.6 Å². The van der Waals surface area contributed by atoms with Gasteiger partial charge >= 0.3 is 0 Å². The second-order valence-corrected chi connectivity index (χ2v) is 4.66. The van der Waals surface area contributed by atoms with Crippen LogP contribution < -0.4 is 0 Å². The molecule has 0 amide bonds. The SMILES string of the molecule is CCC[N+]1(CCOCCOCC)CCOCC1. The van der Waals surface area contributed by atoms with Crippen LogP contribution in [0.5, 0.6) is 0 Å². The van der Waals surface area contributed by atoms with Crippen molar-refractivity contribution in [2.24, 2.45) is 0 Å². The Balaban J connectivity index is 2.15. The number of rotatable bonds is 9. The molecule has 0 N–H and O–H groups in total. The van der Waals surface area contributed by atoms with Crippen LogP contribution >= 0.6 is 0 Å². The van der Waals surface area contributed by atoms with E-state index in [1.165, 1.54) is 17.4 Å². The summed E-state index contributed by atoms with van der Waals surface area (Å²) < 4.78 is 17.5. The van der Waals surface area contributed by atoms with Gasteiger partial charge in [-0.25, -0.2) is 0 Å². The summed E-state index contributed by atoms with van der Waals surface area (Å²) in [6.07, 6.45) is 1.24. The molecule has 0 aromatic heterocycles. The molecule has 4 heteroatoms. The van der Waals surface area contributed by atoms with Crippen LogP contribution in [0.15, 0.2) is 0 Å². The normalized spacial score (nSPS) is 19.4. The maximum absolute atomic E-state index is 5.63. The van der Waals surface area contributed by atoms with Crippen molar-refractivity contribution >= 4 is 0 Å². The molecule has 0 aromatic rings. The Morgan fingerprint density at radius 1 is 0.941 bits per heavy atom. The third kappa shape index (κ3) is 5.82. The molecular weight excluding hydrogens is 218 g/mol. The third-order valence-electron chi connectivity index (χ3n) is 3.40. The lowest BCUT2D eigenvalue weighted by Gasteiger charge is -2.41. The first-order valence-electron chi connectivity index (χ1n) is 6.91. The number of morpholine rings is 1.